The lowest BCUT2D eigenvalue weighted by Gasteiger charge is -2.21. The van der Waals surface area contributed by atoms with E-state index in [1.807, 2.05) is 0 Å². The Morgan fingerprint density at radius 3 is 2.38 bits per heavy atom. The van der Waals surface area contributed by atoms with Crippen LogP contribution in [0.5, 0.6) is 0 Å². The quantitative estimate of drug-likeness (QED) is 0.855. The second kappa shape index (κ2) is 6.71. The highest BCUT2D eigenvalue weighted by molar-refractivity contribution is 7.90. The maximum absolute atomic E-state index is 12.4. The van der Waals surface area contributed by atoms with Crippen LogP contribution in [-0.2, 0) is 14.6 Å². The van der Waals surface area contributed by atoms with Crippen molar-refractivity contribution in [2.24, 2.45) is 0 Å². The van der Waals surface area contributed by atoms with Crippen LogP contribution in [0.15, 0.2) is 23.1 Å². The number of carboxylic acid groups (broad SMARTS) is 1. The third-order valence-corrected chi connectivity index (χ3v) is 4.24. The molecule has 0 spiro atoms. The molecule has 0 saturated carbocycles. The molecule has 0 unspecified atom stereocenters. The number of amides is 1. The topological polar surface area (TPSA) is 91.8 Å². The molecule has 0 heterocycles. The summed E-state index contributed by atoms with van der Waals surface area (Å²) in [5.74, 6) is -1.34. The van der Waals surface area contributed by atoms with Crippen molar-refractivity contribution in [3.8, 4) is 0 Å². The van der Waals surface area contributed by atoms with Gasteiger partial charge in [0.25, 0.3) is 5.91 Å². The zero-order valence-electron chi connectivity index (χ0n) is 12.3. The van der Waals surface area contributed by atoms with E-state index in [1.165, 1.54) is 17.0 Å². The lowest BCUT2D eigenvalue weighted by Crippen LogP contribution is -2.33. The molecular formula is C14H19NO5S. The van der Waals surface area contributed by atoms with Gasteiger partial charge in [0, 0.05) is 24.9 Å². The molecule has 1 aromatic rings. The standard InChI is InChI=1S/C14H19NO5S/c1-4-15(8-7-13(16)17)14(18)12-9-11(21(3,19)20)6-5-10(12)2/h5-6,9H,4,7-8H2,1-3H3,(H,16,17). The van der Waals surface area contributed by atoms with Crippen LogP contribution in [0.4, 0.5) is 0 Å². The molecule has 1 N–H and O–H groups in total. The van der Waals surface area contributed by atoms with Gasteiger partial charge in [-0.1, -0.05) is 6.07 Å². The third-order valence-electron chi connectivity index (χ3n) is 3.13. The van der Waals surface area contributed by atoms with Crippen molar-refractivity contribution in [2.75, 3.05) is 19.3 Å². The first-order valence-electron chi connectivity index (χ1n) is 6.48. The van der Waals surface area contributed by atoms with Gasteiger partial charge in [0.15, 0.2) is 9.84 Å². The molecule has 0 radical (unpaired) electrons. The summed E-state index contributed by atoms with van der Waals surface area (Å²) in [6, 6.07) is 4.38. The van der Waals surface area contributed by atoms with Gasteiger partial charge < -0.3 is 10.0 Å². The van der Waals surface area contributed by atoms with Gasteiger partial charge in [-0.15, -0.1) is 0 Å². The predicted molar refractivity (Wildman–Crippen MR) is 78.1 cm³/mol. The number of carbonyl (C=O) groups excluding carboxylic acids is 1. The number of sulfone groups is 1. The molecule has 0 fully saturated rings. The fraction of sp³-hybridized carbons (Fsp3) is 0.429. The molecule has 0 atom stereocenters. The lowest BCUT2D eigenvalue weighted by atomic mass is 10.1. The average molecular weight is 313 g/mol. The van der Waals surface area contributed by atoms with Crippen molar-refractivity contribution >= 4 is 21.7 Å². The number of hydrogen-bond acceptors (Lipinski definition) is 4. The van der Waals surface area contributed by atoms with Gasteiger partial charge in [0.05, 0.1) is 11.3 Å². The number of nitrogens with zero attached hydrogens (tertiary/aromatic N) is 1. The highest BCUT2D eigenvalue weighted by Crippen LogP contribution is 2.17. The van der Waals surface area contributed by atoms with Crippen LogP contribution in [0.2, 0.25) is 0 Å². The summed E-state index contributed by atoms with van der Waals surface area (Å²) >= 11 is 0. The molecule has 1 amide bonds. The molecule has 0 aliphatic heterocycles. The van der Waals surface area contributed by atoms with Crippen molar-refractivity contribution in [3.63, 3.8) is 0 Å². The number of aliphatic carboxylic acids is 1. The minimum absolute atomic E-state index is 0.0748. The van der Waals surface area contributed by atoms with Gasteiger partial charge in [0.1, 0.15) is 0 Å². The van der Waals surface area contributed by atoms with E-state index in [9.17, 15) is 18.0 Å². The Morgan fingerprint density at radius 1 is 1.29 bits per heavy atom. The van der Waals surface area contributed by atoms with Crippen LogP contribution in [0.1, 0.15) is 29.3 Å². The Hall–Kier alpha value is -1.89. The molecular weight excluding hydrogens is 294 g/mol. The summed E-state index contributed by atoms with van der Waals surface area (Å²) in [6.07, 6.45) is 0.929. The molecule has 0 bridgehead atoms. The van der Waals surface area contributed by atoms with E-state index >= 15 is 0 Å². The van der Waals surface area contributed by atoms with Crippen molar-refractivity contribution in [1.82, 2.24) is 4.90 Å². The summed E-state index contributed by atoms with van der Waals surface area (Å²) in [4.78, 5) is 24.5. The van der Waals surface area contributed by atoms with Gasteiger partial charge in [-0.05, 0) is 31.5 Å². The normalized spacial score (nSPS) is 11.2. The van der Waals surface area contributed by atoms with E-state index in [0.717, 1.165) is 6.26 Å². The minimum Gasteiger partial charge on any atom is -0.481 e. The molecule has 0 saturated heterocycles. The Bertz CT molecular complexity index is 651. The van der Waals surface area contributed by atoms with Gasteiger partial charge in [-0.2, -0.15) is 0 Å². The number of benzene rings is 1. The molecule has 21 heavy (non-hydrogen) atoms. The second-order valence-corrected chi connectivity index (χ2v) is 6.79. The third kappa shape index (κ3) is 4.56. The zero-order chi connectivity index (χ0) is 16.2. The lowest BCUT2D eigenvalue weighted by molar-refractivity contribution is -0.137. The first-order chi connectivity index (χ1) is 9.66. The Labute approximate surface area is 124 Å². The highest BCUT2D eigenvalue weighted by atomic mass is 32.2. The molecule has 0 aromatic heterocycles. The van der Waals surface area contributed by atoms with Crippen LogP contribution in [0, 0.1) is 6.92 Å². The maximum Gasteiger partial charge on any atom is 0.305 e. The molecule has 0 aliphatic rings. The molecule has 1 rings (SSSR count). The number of aryl methyl sites for hydroxylation is 1. The van der Waals surface area contributed by atoms with Crippen molar-refractivity contribution in [1.29, 1.82) is 0 Å². The van der Waals surface area contributed by atoms with Crippen LogP contribution in [0.3, 0.4) is 0 Å². The maximum atomic E-state index is 12.4. The van der Waals surface area contributed by atoms with Gasteiger partial charge >= 0.3 is 5.97 Å². The number of rotatable bonds is 6. The Kier molecular flexibility index (Phi) is 5.48. The first kappa shape index (κ1) is 17.2. The van der Waals surface area contributed by atoms with Crippen LogP contribution >= 0.6 is 0 Å². The first-order valence-corrected chi connectivity index (χ1v) is 8.37. The summed E-state index contributed by atoms with van der Waals surface area (Å²) in [7, 11) is -3.40. The monoisotopic (exact) mass is 313 g/mol. The van der Waals surface area contributed by atoms with E-state index in [2.05, 4.69) is 0 Å². The fourth-order valence-electron chi connectivity index (χ4n) is 1.87. The summed E-state index contributed by atoms with van der Waals surface area (Å²) in [5.41, 5.74) is 0.936. The summed E-state index contributed by atoms with van der Waals surface area (Å²) in [6.45, 7) is 3.90. The number of carboxylic acids is 1. The smallest absolute Gasteiger partial charge is 0.305 e. The van der Waals surface area contributed by atoms with Gasteiger partial charge in [-0.3, -0.25) is 9.59 Å². The average Bonchev–Trinajstić information content (AvgIpc) is 2.37. The fourth-order valence-corrected chi connectivity index (χ4v) is 2.51. The van der Waals surface area contributed by atoms with E-state index in [1.54, 1.807) is 19.9 Å². The second-order valence-electron chi connectivity index (χ2n) is 4.78. The largest absolute Gasteiger partial charge is 0.481 e. The molecule has 0 aliphatic carbocycles. The highest BCUT2D eigenvalue weighted by Gasteiger charge is 2.19. The minimum atomic E-state index is -3.40. The summed E-state index contributed by atoms with van der Waals surface area (Å²) < 4.78 is 23.1. The van der Waals surface area contributed by atoms with Crippen molar-refractivity contribution < 1.29 is 23.1 Å². The van der Waals surface area contributed by atoms with Crippen LogP contribution in [-0.4, -0.2) is 49.6 Å². The SMILES string of the molecule is CCN(CCC(=O)O)C(=O)c1cc(S(C)(=O)=O)ccc1C. The zero-order valence-corrected chi connectivity index (χ0v) is 13.1. The van der Waals surface area contributed by atoms with Crippen LogP contribution in [0.25, 0.3) is 0 Å². The van der Waals surface area contributed by atoms with E-state index in [0.29, 0.717) is 12.1 Å². The van der Waals surface area contributed by atoms with Crippen molar-refractivity contribution in [3.05, 3.63) is 29.3 Å². The van der Waals surface area contributed by atoms with Crippen molar-refractivity contribution in [2.45, 2.75) is 25.2 Å². The summed E-state index contributed by atoms with van der Waals surface area (Å²) in [5, 5.41) is 8.70. The Morgan fingerprint density at radius 2 is 1.90 bits per heavy atom. The molecule has 1 aromatic carbocycles. The van der Waals surface area contributed by atoms with Gasteiger partial charge in [0.2, 0.25) is 0 Å². The molecule has 116 valence electrons. The predicted octanol–water partition coefficient (Wildman–Crippen LogP) is 1.34. The molecule has 6 nitrogen and oxygen atoms in total. The number of carbonyl (C=O) groups is 2. The van der Waals surface area contributed by atoms with E-state index in [-0.39, 0.29) is 29.3 Å². The van der Waals surface area contributed by atoms with Crippen LogP contribution < -0.4 is 0 Å². The number of hydrogen-bond donors (Lipinski definition) is 1. The van der Waals surface area contributed by atoms with E-state index in [4.69, 9.17) is 5.11 Å². The van der Waals surface area contributed by atoms with Gasteiger partial charge in [-0.25, -0.2) is 8.42 Å². The Balaban J connectivity index is 3.13. The van der Waals surface area contributed by atoms with E-state index < -0.39 is 15.8 Å². The molecule has 7 heteroatoms.